The van der Waals surface area contributed by atoms with Gasteiger partial charge in [0.2, 0.25) is 0 Å². The lowest BCUT2D eigenvalue weighted by atomic mass is 9.99. The number of hydrogen-bond acceptors (Lipinski definition) is 2. The van der Waals surface area contributed by atoms with Crippen LogP contribution in [-0.2, 0) is 0 Å². The monoisotopic (exact) mass is 364 g/mol. The van der Waals surface area contributed by atoms with Gasteiger partial charge in [-0.05, 0) is 23.8 Å². The fourth-order valence-electron chi connectivity index (χ4n) is 2.85. The topological polar surface area (TPSA) is 18.5 Å². The van der Waals surface area contributed by atoms with Crippen LogP contribution < -0.4 is 9.47 Å². The molecule has 0 amide bonds. The molecule has 0 saturated heterocycles. The van der Waals surface area contributed by atoms with Crippen LogP contribution in [0, 0.1) is 0 Å². The minimum Gasteiger partial charge on any atom is -0.454 e. The van der Waals surface area contributed by atoms with Crippen molar-refractivity contribution in [3.63, 3.8) is 0 Å². The van der Waals surface area contributed by atoms with Gasteiger partial charge in [0.15, 0.2) is 17.3 Å². The van der Waals surface area contributed by atoms with Crippen molar-refractivity contribution in [1.29, 1.82) is 0 Å². The van der Waals surface area contributed by atoms with E-state index in [4.69, 9.17) is 9.47 Å². The molecule has 0 unspecified atom stereocenters. The predicted molar refractivity (Wildman–Crippen MR) is 120 cm³/mol. The van der Waals surface area contributed by atoms with Crippen molar-refractivity contribution in [1.82, 2.24) is 0 Å². The van der Waals surface area contributed by atoms with Gasteiger partial charge in [0.25, 0.3) is 0 Å². The Morgan fingerprint density at radius 2 is 1.00 bits per heavy atom. The summed E-state index contributed by atoms with van der Waals surface area (Å²) >= 11 is 0. The van der Waals surface area contributed by atoms with Crippen LogP contribution in [0.2, 0.25) is 0 Å². The smallest absolute Gasteiger partial charge is 0.178 e. The Kier molecular flexibility index (Phi) is 9.15. The van der Waals surface area contributed by atoms with Crippen molar-refractivity contribution in [3.05, 3.63) is 72.7 Å². The van der Waals surface area contributed by atoms with Gasteiger partial charge in [-0.3, -0.25) is 0 Å². The summed E-state index contributed by atoms with van der Waals surface area (Å²) in [6.07, 6.45) is 1.68. The Balaban J connectivity index is 0.000000556. The first kappa shape index (κ1) is 22.3. The summed E-state index contributed by atoms with van der Waals surface area (Å²) in [4.78, 5) is 0. The third-order valence-corrected chi connectivity index (χ3v) is 3.84. The Bertz CT molecular complexity index is 920. The maximum absolute atomic E-state index is 6.05. The Labute approximate surface area is 164 Å². The summed E-state index contributed by atoms with van der Waals surface area (Å²) in [6.45, 7) is 17.7. The van der Waals surface area contributed by atoms with Gasteiger partial charge in [0, 0.05) is 10.8 Å². The zero-order chi connectivity index (χ0) is 20.4. The Hall–Kier alpha value is -2.74. The van der Waals surface area contributed by atoms with E-state index >= 15 is 0 Å². The molecule has 0 spiro atoms. The highest BCUT2D eigenvalue weighted by atomic mass is 16.6. The summed E-state index contributed by atoms with van der Waals surface area (Å²) < 4.78 is 12.1. The van der Waals surface area contributed by atoms with Gasteiger partial charge < -0.3 is 9.47 Å². The van der Waals surface area contributed by atoms with E-state index in [1.807, 2.05) is 72.7 Å². The van der Waals surface area contributed by atoms with E-state index in [0.29, 0.717) is 5.76 Å². The molecule has 0 atom stereocenters. The van der Waals surface area contributed by atoms with Crippen LogP contribution in [0.3, 0.4) is 0 Å². The first-order chi connectivity index (χ1) is 13.3. The SMILES string of the molecule is C=CC1=C(C)Oc2c(c3ccccc3c3ccccc23)O1.CC.CC.CC. The van der Waals surface area contributed by atoms with Crippen molar-refractivity contribution in [2.75, 3.05) is 0 Å². The Morgan fingerprint density at radius 3 is 1.41 bits per heavy atom. The van der Waals surface area contributed by atoms with Gasteiger partial charge in [0.1, 0.15) is 5.76 Å². The number of benzene rings is 3. The second-order valence-electron chi connectivity index (χ2n) is 5.08. The van der Waals surface area contributed by atoms with E-state index in [-0.39, 0.29) is 0 Å². The van der Waals surface area contributed by atoms with Gasteiger partial charge in [0.05, 0.1) is 0 Å². The molecule has 0 aliphatic carbocycles. The molecule has 0 radical (unpaired) electrons. The van der Waals surface area contributed by atoms with E-state index < -0.39 is 0 Å². The fourth-order valence-corrected chi connectivity index (χ4v) is 2.85. The van der Waals surface area contributed by atoms with Crippen LogP contribution in [0.1, 0.15) is 48.5 Å². The molecule has 0 saturated carbocycles. The molecule has 1 heterocycles. The van der Waals surface area contributed by atoms with Crippen LogP contribution in [0.25, 0.3) is 21.5 Å². The van der Waals surface area contributed by atoms with Crippen LogP contribution in [0.15, 0.2) is 72.7 Å². The number of ether oxygens (including phenoxy) is 2. The maximum atomic E-state index is 6.05. The van der Waals surface area contributed by atoms with Crippen molar-refractivity contribution in [2.45, 2.75) is 48.5 Å². The van der Waals surface area contributed by atoms with Crippen LogP contribution in [-0.4, -0.2) is 0 Å². The molecule has 0 fully saturated rings. The van der Waals surface area contributed by atoms with Crippen LogP contribution in [0.5, 0.6) is 11.5 Å². The van der Waals surface area contributed by atoms with Gasteiger partial charge in [-0.25, -0.2) is 0 Å². The molecule has 1 aliphatic rings. The van der Waals surface area contributed by atoms with Crippen LogP contribution in [0.4, 0.5) is 0 Å². The quantitative estimate of drug-likeness (QED) is 0.405. The summed E-state index contributed by atoms with van der Waals surface area (Å²) in [5.41, 5.74) is 0. The highest BCUT2D eigenvalue weighted by Crippen LogP contribution is 2.47. The van der Waals surface area contributed by atoms with E-state index in [0.717, 1.165) is 28.0 Å². The molecule has 2 heteroatoms. The largest absolute Gasteiger partial charge is 0.454 e. The zero-order valence-electron chi connectivity index (χ0n) is 17.7. The summed E-state index contributed by atoms with van der Waals surface area (Å²) in [7, 11) is 0. The first-order valence-corrected chi connectivity index (χ1v) is 9.92. The van der Waals surface area contributed by atoms with Crippen molar-refractivity contribution in [2.24, 2.45) is 0 Å². The first-order valence-electron chi connectivity index (χ1n) is 9.92. The van der Waals surface area contributed by atoms with E-state index in [1.165, 1.54) is 10.8 Å². The van der Waals surface area contributed by atoms with Gasteiger partial charge >= 0.3 is 0 Å². The second kappa shape index (κ2) is 11.1. The normalized spacial score (nSPS) is 11.4. The molecule has 0 bridgehead atoms. The van der Waals surface area contributed by atoms with Crippen molar-refractivity contribution >= 4 is 21.5 Å². The average Bonchev–Trinajstić information content (AvgIpc) is 2.78. The van der Waals surface area contributed by atoms with Gasteiger partial charge in [-0.1, -0.05) is 96.7 Å². The molecule has 27 heavy (non-hydrogen) atoms. The highest BCUT2D eigenvalue weighted by Gasteiger charge is 2.23. The number of allylic oxidation sites excluding steroid dienone is 2. The van der Waals surface area contributed by atoms with E-state index in [9.17, 15) is 0 Å². The molecule has 0 N–H and O–H groups in total. The molecule has 3 aromatic rings. The zero-order valence-corrected chi connectivity index (χ0v) is 17.7. The lowest BCUT2D eigenvalue weighted by Gasteiger charge is -2.23. The molecule has 2 nitrogen and oxygen atoms in total. The maximum Gasteiger partial charge on any atom is 0.178 e. The third-order valence-electron chi connectivity index (χ3n) is 3.84. The molecule has 3 aromatic carbocycles. The molecular weight excluding hydrogens is 332 g/mol. The number of hydrogen-bond donors (Lipinski definition) is 0. The highest BCUT2D eigenvalue weighted by molar-refractivity contribution is 6.14. The molecule has 144 valence electrons. The van der Waals surface area contributed by atoms with Gasteiger partial charge in [-0.2, -0.15) is 0 Å². The summed E-state index contributed by atoms with van der Waals surface area (Å²) in [5, 5.41) is 4.45. The van der Waals surface area contributed by atoms with Crippen molar-refractivity contribution in [3.8, 4) is 11.5 Å². The van der Waals surface area contributed by atoms with Crippen molar-refractivity contribution < 1.29 is 9.47 Å². The fraction of sp³-hybridized carbons (Fsp3) is 0.280. The standard InChI is InChI=1S/C19H14O2.3C2H6/c1-3-17-12(2)20-18-15-10-6-4-8-13(15)14-9-5-7-11-16(14)19(18)21-17;3*1-2/h3-11H,1H2,2H3;3*1-2H3. The minimum absolute atomic E-state index is 0.669. The third kappa shape index (κ3) is 4.33. The van der Waals surface area contributed by atoms with Crippen LogP contribution >= 0.6 is 0 Å². The average molecular weight is 365 g/mol. The molecular formula is C25H32O2. The lowest BCUT2D eigenvalue weighted by molar-refractivity contribution is 0.312. The number of rotatable bonds is 1. The van der Waals surface area contributed by atoms with Gasteiger partial charge in [-0.15, -0.1) is 0 Å². The molecule has 4 rings (SSSR count). The lowest BCUT2D eigenvalue weighted by Crippen LogP contribution is -2.09. The second-order valence-corrected chi connectivity index (χ2v) is 5.08. The summed E-state index contributed by atoms with van der Waals surface area (Å²) in [6, 6.07) is 16.5. The summed E-state index contributed by atoms with van der Waals surface area (Å²) in [5.74, 6) is 2.96. The molecule has 1 aliphatic heterocycles. The minimum atomic E-state index is 0.669. The molecule has 0 aromatic heterocycles. The number of fused-ring (bicyclic) bond motifs is 6. The van der Waals surface area contributed by atoms with E-state index in [2.05, 4.69) is 30.8 Å². The predicted octanol–water partition coefficient (Wildman–Crippen LogP) is 8.26. The van der Waals surface area contributed by atoms with E-state index in [1.54, 1.807) is 6.08 Å². The Morgan fingerprint density at radius 1 is 0.630 bits per heavy atom.